The summed E-state index contributed by atoms with van der Waals surface area (Å²) in [7, 11) is 0. The average Bonchev–Trinajstić information content (AvgIpc) is 2.29. The van der Waals surface area contributed by atoms with Crippen LogP contribution >= 0.6 is 15.9 Å². The number of rotatable bonds is 0. The van der Waals surface area contributed by atoms with Gasteiger partial charge in [-0.05, 0) is 15.9 Å². The highest BCUT2D eigenvalue weighted by Crippen LogP contribution is 2.12. The van der Waals surface area contributed by atoms with Gasteiger partial charge in [0, 0.05) is 11.1 Å². The SMILES string of the molecule is [2H]C([2H])([2H])n1ncc(C#N)c1Br. The lowest BCUT2D eigenvalue weighted by molar-refractivity contribution is 0.749. The van der Waals surface area contributed by atoms with E-state index in [4.69, 9.17) is 9.37 Å². The fraction of sp³-hybridized carbons (Fsp3) is 0.200. The van der Waals surface area contributed by atoms with Crippen molar-refractivity contribution in [2.45, 2.75) is 0 Å². The summed E-state index contributed by atoms with van der Waals surface area (Å²) in [6.45, 7) is -2.34. The second-order valence-electron chi connectivity index (χ2n) is 1.37. The fourth-order valence-corrected chi connectivity index (χ4v) is 0.691. The molecule has 0 spiro atoms. The van der Waals surface area contributed by atoms with Crippen LogP contribution in [-0.4, -0.2) is 9.78 Å². The van der Waals surface area contributed by atoms with E-state index in [1.807, 2.05) is 6.07 Å². The summed E-state index contributed by atoms with van der Waals surface area (Å²) in [4.78, 5) is 0. The monoisotopic (exact) mass is 188 g/mol. The Balaban J connectivity index is 3.22. The third-order valence-electron chi connectivity index (χ3n) is 0.831. The van der Waals surface area contributed by atoms with Crippen molar-refractivity contribution in [3.05, 3.63) is 16.4 Å². The fourth-order valence-electron chi connectivity index (χ4n) is 0.409. The number of hydrogen-bond donors (Lipinski definition) is 0. The molecule has 3 nitrogen and oxygen atoms in total. The minimum absolute atomic E-state index is 0.185. The van der Waals surface area contributed by atoms with E-state index in [0.29, 0.717) is 0 Å². The molecule has 4 heteroatoms. The van der Waals surface area contributed by atoms with Crippen LogP contribution in [0.25, 0.3) is 0 Å². The van der Waals surface area contributed by atoms with Crippen LogP contribution in [0.15, 0.2) is 10.8 Å². The van der Waals surface area contributed by atoms with Crippen molar-refractivity contribution < 1.29 is 4.11 Å². The molecule has 9 heavy (non-hydrogen) atoms. The summed E-state index contributed by atoms with van der Waals surface area (Å²) in [5.41, 5.74) is 0.214. The molecule has 46 valence electrons. The molecule has 1 heterocycles. The molecule has 0 bridgehead atoms. The van der Waals surface area contributed by atoms with Gasteiger partial charge in [-0.2, -0.15) is 10.4 Å². The highest BCUT2D eigenvalue weighted by molar-refractivity contribution is 9.10. The summed E-state index contributed by atoms with van der Waals surface area (Å²) in [5.74, 6) is 0. The van der Waals surface area contributed by atoms with Gasteiger partial charge in [-0.25, -0.2) is 0 Å². The van der Waals surface area contributed by atoms with Crippen LogP contribution in [0.2, 0.25) is 0 Å². The van der Waals surface area contributed by atoms with Gasteiger partial charge in [0.1, 0.15) is 16.2 Å². The van der Waals surface area contributed by atoms with Crippen molar-refractivity contribution >= 4 is 15.9 Å². The Morgan fingerprint density at radius 1 is 2.11 bits per heavy atom. The topological polar surface area (TPSA) is 41.6 Å². The van der Waals surface area contributed by atoms with Gasteiger partial charge < -0.3 is 0 Å². The zero-order chi connectivity index (χ0) is 9.35. The molecule has 0 radical (unpaired) electrons. The molecular weight excluding hydrogens is 182 g/mol. The van der Waals surface area contributed by atoms with E-state index in [1.165, 1.54) is 6.20 Å². The molecule has 1 aromatic heterocycles. The zero-order valence-electron chi connectivity index (χ0n) is 7.30. The Morgan fingerprint density at radius 2 is 2.89 bits per heavy atom. The smallest absolute Gasteiger partial charge is 0.121 e. The third kappa shape index (κ3) is 0.958. The minimum atomic E-state index is -2.34. The van der Waals surface area contributed by atoms with Crippen LogP contribution in [0, 0.1) is 11.3 Å². The second-order valence-corrected chi connectivity index (χ2v) is 2.12. The first-order chi connectivity index (χ1) is 5.46. The molecule has 0 unspecified atom stereocenters. The predicted octanol–water partition coefficient (Wildman–Crippen LogP) is 1.05. The van der Waals surface area contributed by atoms with Crippen molar-refractivity contribution in [3.8, 4) is 6.07 Å². The van der Waals surface area contributed by atoms with Crippen molar-refractivity contribution in [2.75, 3.05) is 0 Å². The second kappa shape index (κ2) is 2.19. The Hall–Kier alpha value is -0.820. The van der Waals surface area contributed by atoms with E-state index in [1.54, 1.807) is 0 Å². The van der Waals surface area contributed by atoms with Crippen molar-refractivity contribution in [2.24, 2.45) is 6.98 Å². The molecule has 0 aliphatic rings. The molecule has 0 aliphatic heterocycles. The molecule has 0 aromatic carbocycles. The molecule has 1 aromatic rings. The van der Waals surface area contributed by atoms with Gasteiger partial charge in [0.15, 0.2) is 0 Å². The van der Waals surface area contributed by atoms with E-state index < -0.39 is 6.98 Å². The summed E-state index contributed by atoms with van der Waals surface area (Å²) >= 11 is 2.97. The molecule has 0 N–H and O–H groups in total. The molecular formula is C5H4BrN3. The maximum Gasteiger partial charge on any atom is 0.121 e. The van der Waals surface area contributed by atoms with E-state index in [0.717, 1.165) is 4.68 Å². The lowest BCUT2D eigenvalue weighted by Crippen LogP contribution is -1.88. The number of halogens is 1. The highest BCUT2D eigenvalue weighted by Gasteiger charge is 2.01. The first kappa shape index (κ1) is 3.37. The lowest BCUT2D eigenvalue weighted by atomic mass is 10.4. The van der Waals surface area contributed by atoms with Crippen LogP contribution in [0.3, 0.4) is 0 Å². The van der Waals surface area contributed by atoms with Crippen LogP contribution in [0.5, 0.6) is 0 Å². The molecule has 0 fully saturated rings. The minimum Gasteiger partial charge on any atom is -0.260 e. The summed E-state index contributed by atoms with van der Waals surface area (Å²) in [5, 5.41) is 12.0. The molecule has 0 aliphatic carbocycles. The molecule has 0 saturated carbocycles. The summed E-state index contributed by atoms with van der Waals surface area (Å²) in [6.07, 6.45) is 1.20. The Morgan fingerprint density at radius 3 is 3.22 bits per heavy atom. The number of nitriles is 1. The Kier molecular flexibility index (Phi) is 0.822. The highest BCUT2D eigenvalue weighted by atomic mass is 79.9. The number of aryl methyl sites for hydroxylation is 1. The van der Waals surface area contributed by atoms with Gasteiger partial charge in [-0.1, -0.05) is 0 Å². The van der Waals surface area contributed by atoms with Gasteiger partial charge >= 0.3 is 0 Å². The van der Waals surface area contributed by atoms with E-state index in [2.05, 4.69) is 21.0 Å². The van der Waals surface area contributed by atoms with Crippen LogP contribution in [0.1, 0.15) is 9.68 Å². The van der Waals surface area contributed by atoms with E-state index >= 15 is 0 Å². The van der Waals surface area contributed by atoms with Crippen LogP contribution < -0.4 is 0 Å². The zero-order valence-corrected chi connectivity index (χ0v) is 5.88. The van der Waals surface area contributed by atoms with E-state index in [9.17, 15) is 0 Å². The normalized spacial score (nSPS) is 15.3. The van der Waals surface area contributed by atoms with Gasteiger partial charge in [0.05, 0.1) is 6.20 Å². The van der Waals surface area contributed by atoms with Crippen LogP contribution in [-0.2, 0) is 6.98 Å². The molecule has 1 rings (SSSR count). The molecule has 0 saturated heterocycles. The Bertz CT molecular complexity index is 335. The maximum absolute atomic E-state index is 8.48. The first-order valence-electron chi connectivity index (χ1n) is 3.61. The first-order valence-corrected chi connectivity index (χ1v) is 2.90. The quantitative estimate of drug-likeness (QED) is 0.612. The van der Waals surface area contributed by atoms with Gasteiger partial charge in [0.25, 0.3) is 0 Å². The summed E-state index contributed by atoms with van der Waals surface area (Å²) < 4.78 is 22.0. The van der Waals surface area contributed by atoms with Gasteiger partial charge in [0.2, 0.25) is 0 Å². The standard InChI is InChI=1S/C5H4BrN3/c1-9-5(6)4(2-7)3-8-9/h3H,1H3/i1D3. The maximum atomic E-state index is 8.48. The number of hydrogen-bond acceptors (Lipinski definition) is 2. The molecule has 0 atom stereocenters. The lowest BCUT2D eigenvalue weighted by Gasteiger charge is -1.87. The van der Waals surface area contributed by atoms with Crippen molar-refractivity contribution in [1.82, 2.24) is 9.78 Å². The average molecular weight is 189 g/mol. The van der Waals surface area contributed by atoms with E-state index in [-0.39, 0.29) is 10.2 Å². The summed E-state index contributed by atoms with van der Waals surface area (Å²) in [6, 6.07) is 1.81. The predicted molar refractivity (Wildman–Crippen MR) is 35.6 cm³/mol. The van der Waals surface area contributed by atoms with Gasteiger partial charge in [-0.15, -0.1) is 0 Å². The van der Waals surface area contributed by atoms with Crippen molar-refractivity contribution in [1.29, 1.82) is 5.26 Å². The largest absolute Gasteiger partial charge is 0.260 e. The van der Waals surface area contributed by atoms with Crippen molar-refractivity contribution in [3.63, 3.8) is 0 Å². The third-order valence-corrected chi connectivity index (χ3v) is 1.59. The number of nitrogens with zero attached hydrogens (tertiary/aromatic N) is 3. The van der Waals surface area contributed by atoms with Gasteiger partial charge in [-0.3, -0.25) is 4.68 Å². The Labute approximate surface area is 65.2 Å². The van der Waals surface area contributed by atoms with Crippen LogP contribution in [0.4, 0.5) is 0 Å². The number of aromatic nitrogens is 2. The molecule has 0 amide bonds.